The van der Waals surface area contributed by atoms with Crippen molar-refractivity contribution in [3.05, 3.63) is 12.4 Å². The fraction of sp³-hybridized carbons (Fsp3) is 0.643. The molecule has 2 N–H and O–H groups in total. The van der Waals surface area contributed by atoms with E-state index in [0.29, 0.717) is 6.04 Å². The topological polar surface area (TPSA) is 81.6 Å². The first kappa shape index (κ1) is 15.5. The van der Waals surface area contributed by atoms with Crippen LogP contribution in [0.1, 0.15) is 19.8 Å². The van der Waals surface area contributed by atoms with Gasteiger partial charge >= 0.3 is 5.97 Å². The summed E-state index contributed by atoms with van der Waals surface area (Å²) in [5.74, 6) is 0.972. The Kier molecular flexibility index (Phi) is 5.32. The Bertz CT molecular complexity index is 474. The first-order valence-corrected chi connectivity index (χ1v) is 7.32. The lowest BCUT2D eigenvalue weighted by molar-refractivity contribution is -0.138. The minimum atomic E-state index is -0.760. The lowest BCUT2D eigenvalue weighted by Gasteiger charge is -2.31. The predicted octanol–water partition coefficient (Wildman–Crippen LogP) is 0.894. The summed E-state index contributed by atoms with van der Waals surface area (Å²) in [4.78, 5) is 23.2. The summed E-state index contributed by atoms with van der Waals surface area (Å²) < 4.78 is 0. The van der Waals surface area contributed by atoms with Gasteiger partial charge in [-0.3, -0.25) is 9.69 Å². The Balaban J connectivity index is 1.87. The van der Waals surface area contributed by atoms with Gasteiger partial charge < -0.3 is 15.3 Å². The number of aromatic nitrogens is 2. The summed E-state index contributed by atoms with van der Waals surface area (Å²) in [6, 6.07) is 2.29. The van der Waals surface area contributed by atoms with Gasteiger partial charge in [0.05, 0.1) is 6.54 Å². The van der Waals surface area contributed by atoms with Gasteiger partial charge in [-0.05, 0) is 19.8 Å². The van der Waals surface area contributed by atoms with Crippen molar-refractivity contribution in [2.24, 2.45) is 0 Å². The number of rotatable bonds is 6. The molecule has 1 aliphatic rings. The molecule has 0 spiro atoms. The van der Waals surface area contributed by atoms with Gasteiger partial charge in [0.25, 0.3) is 0 Å². The predicted molar refractivity (Wildman–Crippen MR) is 81.7 cm³/mol. The Morgan fingerprint density at radius 3 is 2.81 bits per heavy atom. The van der Waals surface area contributed by atoms with E-state index in [1.807, 2.05) is 18.0 Å². The molecule has 21 heavy (non-hydrogen) atoms. The third-order valence-corrected chi connectivity index (χ3v) is 3.82. The molecule has 7 heteroatoms. The number of anilines is 2. The second kappa shape index (κ2) is 7.21. The Morgan fingerprint density at radius 2 is 2.19 bits per heavy atom. The average molecular weight is 293 g/mol. The molecule has 0 atom stereocenters. The van der Waals surface area contributed by atoms with Crippen molar-refractivity contribution in [1.82, 2.24) is 14.9 Å². The number of carboxylic acids is 1. The van der Waals surface area contributed by atoms with Gasteiger partial charge in [0.15, 0.2) is 0 Å². The molecular weight excluding hydrogens is 270 g/mol. The molecule has 0 radical (unpaired) electrons. The zero-order valence-electron chi connectivity index (χ0n) is 12.6. The Hall–Kier alpha value is -1.89. The normalized spacial score (nSPS) is 16.7. The third-order valence-electron chi connectivity index (χ3n) is 3.82. The molecular formula is C14H23N5O2. The van der Waals surface area contributed by atoms with Crippen molar-refractivity contribution in [2.75, 3.05) is 43.4 Å². The molecule has 1 fully saturated rings. The minimum absolute atomic E-state index is 0.131. The molecule has 2 heterocycles. The average Bonchev–Trinajstić information content (AvgIpc) is 2.48. The van der Waals surface area contributed by atoms with E-state index in [1.54, 1.807) is 6.33 Å². The molecule has 0 amide bonds. The van der Waals surface area contributed by atoms with E-state index in [9.17, 15) is 4.79 Å². The molecule has 1 aromatic rings. The Morgan fingerprint density at radius 1 is 1.48 bits per heavy atom. The fourth-order valence-electron chi connectivity index (χ4n) is 2.43. The van der Waals surface area contributed by atoms with Crippen molar-refractivity contribution in [3.8, 4) is 0 Å². The second-order valence-corrected chi connectivity index (χ2v) is 5.36. The number of hydrogen-bond acceptors (Lipinski definition) is 6. The smallest absolute Gasteiger partial charge is 0.317 e. The highest BCUT2D eigenvalue weighted by Crippen LogP contribution is 2.17. The molecule has 0 aromatic carbocycles. The van der Waals surface area contributed by atoms with E-state index in [4.69, 9.17) is 5.11 Å². The number of likely N-dealkylation sites (tertiary alicyclic amines) is 1. The first-order valence-electron chi connectivity index (χ1n) is 7.32. The van der Waals surface area contributed by atoms with Crippen LogP contribution in [0.3, 0.4) is 0 Å². The van der Waals surface area contributed by atoms with Crippen LogP contribution in [-0.2, 0) is 4.79 Å². The van der Waals surface area contributed by atoms with E-state index in [1.165, 1.54) is 0 Å². The van der Waals surface area contributed by atoms with Crippen molar-refractivity contribution < 1.29 is 9.90 Å². The van der Waals surface area contributed by atoms with Gasteiger partial charge in [0.2, 0.25) is 0 Å². The van der Waals surface area contributed by atoms with Crippen molar-refractivity contribution in [2.45, 2.75) is 25.8 Å². The standard InChI is InChI=1S/C14H23N5O2/c1-3-18(2)13-8-12(15-10-16-13)17-11-4-6-19(7-5-11)9-14(20)21/h8,10-11H,3-7,9H2,1-2H3,(H,20,21)(H,15,16,17). The maximum atomic E-state index is 10.7. The zero-order valence-corrected chi connectivity index (χ0v) is 12.6. The van der Waals surface area contributed by atoms with Crippen LogP contribution in [-0.4, -0.2) is 65.2 Å². The first-order chi connectivity index (χ1) is 10.1. The lowest BCUT2D eigenvalue weighted by Crippen LogP contribution is -2.41. The molecule has 1 saturated heterocycles. The summed E-state index contributed by atoms with van der Waals surface area (Å²) in [7, 11) is 2.00. The quantitative estimate of drug-likeness (QED) is 0.806. The summed E-state index contributed by atoms with van der Waals surface area (Å²) >= 11 is 0. The third kappa shape index (κ3) is 4.56. The molecule has 0 aliphatic carbocycles. The number of piperidine rings is 1. The number of aliphatic carboxylic acids is 1. The van der Waals surface area contributed by atoms with E-state index in [0.717, 1.165) is 44.1 Å². The van der Waals surface area contributed by atoms with Crippen LogP contribution in [0, 0.1) is 0 Å². The number of hydrogen-bond donors (Lipinski definition) is 2. The van der Waals surface area contributed by atoms with E-state index in [-0.39, 0.29) is 6.54 Å². The van der Waals surface area contributed by atoms with Gasteiger partial charge in [0.1, 0.15) is 18.0 Å². The van der Waals surface area contributed by atoms with Crippen LogP contribution in [0.4, 0.5) is 11.6 Å². The highest BCUT2D eigenvalue weighted by molar-refractivity contribution is 5.69. The summed E-state index contributed by atoms with van der Waals surface area (Å²) in [5, 5.41) is 12.2. The number of nitrogens with one attached hydrogen (secondary N) is 1. The SMILES string of the molecule is CCN(C)c1cc(NC2CCN(CC(=O)O)CC2)ncn1. The summed E-state index contributed by atoms with van der Waals surface area (Å²) in [6.07, 6.45) is 3.43. The van der Waals surface area contributed by atoms with Crippen LogP contribution in [0.2, 0.25) is 0 Å². The molecule has 7 nitrogen and oxygen atoms in total. The van der Waals surface area contributed by atoms with Gasteiger partial charge in [0, 0.05) is 38.8 Å². The fourth-order valence-corrected chi connectivity index (χ4v) is 2.43. The minimum Gasteiger partial charge on any atom is -0.480 e. The molecule has 1 aromatic heterocycles. The molecule has 0 bridgehead atoms. The maximum Gasteiger partial charge on any atom is 0.317 e. The van der Waals surface area contributed by atoms with E-state index < -0.39 is 5.97 Å². The summed E-state index contributed by atoms with van der Waals surface area (Å²) in [6.45, 7) is 4.70. The van der Waals surface area contributed by atoms with Crippen LogP contribution in [0.15, 0.2) is 12.4 Å². The molecule has 1 aliphatic heterocycles. The Labute approximate surface area is 125 Å². The van der Waals surface area contributed by atoms with Crippen LogP contribution < -0.4 is 10.2 Å². The van der Waals surface area contributed by atoms with Crippen LogP contribution in [0.25, 0.3) is 0 Å². The van der Waals surface area contributed by atoms with Gasteiger partial charge in [-0.15, -0.1) is 0 Å². The second-order valence-electron chi connectivity index (χ2n) is 5.36. The van der Waals surface area contributed by atoms with Crippen molar-refractivity contribution in [3.63, 3.8) is 0 Å². The summed E-state index contributed by atoms with van der Waals surface area (Å²) in [5.41, 5.74) is 0. The highest BCUT2D eigenvalue weighted by Gasteiger charge is 2.20. The van der Waals surface area contributed by atoms with Crippen LogP contribution in [0.5, 0.6) is 0 Å². The molecule has 116 valence electrons. The maximum absolute atomic E-state index is 10.7. The number of carboxylic acid groups (broad SMARTS) is 1. The monoisotopic (exact) mass is 293 g/mol. The molecule has 2 rings (SSSR count). The van der Waals surface area contributed by atoms with Gasteiger partial charge in [-0.1, -0.05) is 0 Å². The van der Waals surface area contributed by atoms with Gasteiger partial charge in [-0.2, -0.15) is 0 Å². The van der Waals surface area contributed by atoms with E-state index in [2.05, 4.69) is 27.1 Å². The number of nitrogens with zero attached hydrogens (tertiary/aromatic N) is 4. The highest BCUT2D eigenvalue weighted by atomic mass is 16.4. The molecule has 0 unspecified atom stereocenters. The largest absolute Gasteiger partial charge is 0.480 e. The lowest BCUT2D eigenvalue weighted by atomic mass is 10.1. The molecule has 0 saturated carbocycles. The zero-order chi connectivity index (χ0) is 15.2. The number of carbonyl (C=O) groups is 1. The van der Waals surface area contributed by atoms with Crippen molar-refractivity contribution >= 4 is 17.6 Å². The van der Waals surface area contributed by atoms with Crippen LogP contribution >= 0.6 is 0 Å². The van der Waals surface area contributed by atoms with Crippen molar-refractivity contribution in [1.29, 1.82) is 0 Å². The van der Waals surface area contributed by atoms with Gasteiger partial charge in [-0.25, -0.2) is 9.97 Å². The van der Waals surface area contributed by atoms with E-state index >= 15 is 0 Å².